The van der Waals surface area contributed by atoms with E-state index in [0.717, 1.165) is 5.56 Å². The summed E-state index contributed by atoms with van der Waals surface area (Å²) in [6.07, 6.45) is 0.916. The van der Waals surface area contributed by atoms with E-state index in [4.69, 9.17) is 9.84 Å². The van der Waals surface area contributed by atoms with Crippen LogP contribution in [0.1, 0.15) is 42.9 Å². The highest BCUT2D eigenvalue weighted by Gasteiger charge is 2.44. The molecule has 0 aliphatic heterocycles. The Morgan fingerprint density at radius 2 is 2.04 bits per heavy atom. The van der Waals surface area contributed by atoms with Crippen LogP contribution in [0.2, 0.25) is 0 Å². The van der Waals surface area contributed by atoms with E-state index in [9.17, 15) is 14.9 Å². The fourth-order valence-corrected chi connectivity index (χ4v) is 3.05. The van der Waals surface area contributed by atoms with Crippen molar-refractivity contribution in [3.05, 3.63) is 69.8 Å². The van der Waals surface area contributed by atoms with Crippen molar-refractivity contribution in [3.63, 3.8) is 0 Å². The zero-order chi connectivity index (χ0) is 18.0. The van der Waals surface area contributed by atoms with Crippen molar-refractivity contribution in [1.82, 2.24) is 0 Å². The average molecular weight is 341 g/mol. The first-order valence-electron chi connectivity index (χ1n) is 8.24. The van der Waals surface area contributed by atoms with Crippen LogP contribution < -0.4 is 4.74 Å². The fraction of sp³-hybridized carbons (Fsp3) is 0.316. The molecule has 0 amide bonds. The lowest BCUT2D eigenvalue weighted by Crippen LogP contribution is -2.08. The maximum atomic E-state index is 11.4. The van der Waals surface area contributed by atoms with Gasteiger partial charge in [0.25, 0.3) is 0 Å². The number of carbonyl (C=O) groups is 1. The van der Waals surface area contributed by atoms with Gasteiger partial charge in [-0.25, -0.2) is 0 Å². The molecule has 6 nitrogen and oxygen atoms in total. The van der Waals surface area contributed by atoms with Crippen molar-refractivity contribution in [2.24, 2.45) is 5.92 Å². The number of nitrogens with zero attached hydrogens (tertiary/aromatic N) is 1. The largest absolute Gasteiger partial charge is 0.481 e. The summed E-state index contributed by atoms with van der Waals surface area (Å²) in [5, 5.41) is 20.5. The molecule has 3 atom stereocenters. The highest BCUT2D eigenvalue weighted by molar-refractivity contribution is 5.75. The summed E-state index contributed by atoms with van der Waals surface area (Å²) in [6, 6.07) is 14.3. The molecule has 1 fully saturated rings. The second-order valence-corrected chi connectivity index (χ2v) is 6.20. The third-order valence-corrected chi connectivity index (χ3v) is 4.53. The van der Waals surface area contributed by atoms with Gasteiger partial charge in [0.15, 0.2) is 5.75 Å². The zero-order valence-electron chi connectivity index (χ0n) is 13.8. The van der Waals surface area contributed by atoms with Crippen molar-refractivity contribution in [2.45, 2.75) is 31.8 Å². The van der Waals surface area contributed by atoms with Gasteiger partial charge in [-0.05, 0) is 36.0 Å². The molecule has 130 valence electrons. The quantitative estimate of drug-likeness (QED) is 0.598. The minimum atomic E-state index is -0.858. The molecule has 1 aliphatic rings. The molecule has 0 saturated heterocycles. The molecular weight excluding hydrogens is 322 g/mol. The standard InChI is InChI=1S/C19H19NO5/c1-2-17(12-6-4-3-5-7-12)25-18-9-8-13(10-16(18)20(23)24)14-11-15(14)19(21)22/h3-10,14-15,17H,2,11H2,1H3,(H,21,22). The normalized spacial score (nSPS) is 19.9. The number of ether oxygens (including phenoxy) is 1. The maximum Gasteiger partial charge on any atom is 0.311 e. The smallest absolute Gasteiger partial charge is 0.311 e. The Hall–Kier alpha value is -2.89. The summed E-state index contributed by atoms with van der Waals surface area (Å²) in [5.74, 6) is -1.25. The van der Waals surface area contributed by atoms with Crippen molar-refractivity contribution in [3.8, 4) is 5.75 Å². The molecule has 2 aromatic rings. The van der Waals surface area contributed by atoms with Crippen LogP contribution >= 0.6 is 0 Å². The molecule has 6 heteroatoms. The molecule has 0 aromatic heterocycles. The lowest BCUT2D eigenvalue weighted by atomic mass is 10.1. The van der Waals surface area contributed by atoms with Crippen LogP contribution in [0.3, 0.4) is 0 Å². The predicted octanol–water partition coefficient (Wildman–Crippen LogP) is 4.31. The molecule has 0 heterocycles. The number of carboxylic acid groups (broad SMARTS) is 1. The summed E-state index contributed by atoms with van der Waals surface area (Å²) in [4.78, 5) is 22.0. The topological polar surface area (TPSA) is 89.7 Å². The van der Waals surface area contributed by atoms with Crippen LogP contribution in [-0.2, 0) is 4.79 Å². The summed E-state index contributed by atoms with van der Waals surface area (Å²) in [6.45, 7) is 1.96. The Bertz CT molecular complexity index is 790. The number of benzene rings is 2. The maximum absolute atomic E-state index is 11.4. The molecule has 1 saturated carbocycles. The van der Waals surface area contributed by atoms with Gasteiger partial charge in [-0.15, -0.1) is 0 Å². The molecule has 0 bridgehead atoms. The van der Waals surface area contributed by atoms with Crippen molar-refractivity contribution < 1.29 is 19.6 Å². The Morgan fingerprint density at radius 3 is 2.60 bits per heavy atom. The summed E-state index contributed by atoms with van der Waals surface area (Å²) in [7, 11) is 0. The summed E-state index contributed by atoms with van der Waals surface area (Å²) in [5.41, 5.74) is 1.51. The average Bonchev–Trinajstić information content (AvgIpc) is 3.41. The third kappa shape index (κ3) is 3.63. The Balaban J connectivity index is 1.86. The van der Waals surface area contributed by atoms with Gasteiger partial charge in [-0.2, -0.15) is 0 Å². The van der Waals surface area contributed by atoms with E-state index in [1.54, 1.807) is 12.1 Å². The molecule has 0 radical (unpaired) electrons. The lowest BCUT2D eigenvalue weighted by molar-refractivity contribution is -0.386. The highest BCUT2D eigenvalue weighted by atomic mass is 16.6. The van der Waals surface area contributed by atoms with Crippen molar-refractivity contribution in [1.29, 1.82) is 0 Å². The second-order valence-electron chi connectivity index (χ2n) is 6.20. The summed E-state index contributed by atoms with van der Waals surface area (Å²) < 4.78 is 5.91. The third-order valence-electron chi connectivity index (χ3n) is 4.53. The van der Waals surface area contributed by atoms with Crippen LogP contribution in [0.5, 0.6) is 5.75 Å². The zero-order valence-corrected chi connectivity index (χ0v) is 13.8. The first-order chi connectivity index (χ1) is 12.0. The van der Waals surface area contributed by atoms with E-state index in [1.807, 2.05) is 37.3 Å². The van der Waals surface area contributed by atoms with Crippen LogP contribution in [0.25, 0.3) is 0 Å². The van der Waals surface area contributed by atoms with E-state index in [2.05, 4.69) is 0 Å². The number of hydrogen-bond donors (Lipinski definition) is 1. The molecule has 3 rings (SSSR count). The van der Waals surface area contributed by atoms with Crippen LogP contribution in [0.15, 0.2) is 48.5 Å². The van der Waals surface area contributed by atoms with E-state index >= 15 is 0 Å². The van der Waals surface area contributed by atoms with E-state index in [1.165, 1.54) is 6.07 Å². The first-order valence-corrected chi connectivity index (χ1v) is 8.24. The van der Waals surface area contributed by atoms with Gasteiger partial charge in [0.05, 0.1) is 10.8 Å². The minimum absolute atomic E-state index is 0.122. The first kappa shape index (κ1) is 17.0. The monoisotopic (exact) mass is 341 g/mol. The summed E-state index contributed by atoms with van der Waals surface area (Å²) >= 11 is 0. The second kappa shape index (κ2) is 6.93. The molecule has 2 aromatic carbocycles. The van der Waals surface area contributed by atoms with E-state index in [0.29, 0.717) is 18.4 Å². The molecule has 3 unspecified atom stereocenters. The Labute approximate surface area is 145 Å². The van der Waals surface area contributed by atoms with Gasteiger partial charge < -0.3 is 9.84 Å². The number of nitro groups is 1. The van der Waals surface area contributed by atoms with Gasteiger partial charge in [0, 0.05) is 6.07 Å². The van der Waals surface area contributed by atoms with Gasteiger partial charge in [-0.3, -0.25) is 14.9 Å². The van der Waals surface area contributed by atoms with Crippen LogP contribution in [0.4, 0.5) is 5.69 Å². The molecular formula is C19H19NO5. The molecule has 1 aliphatic carbocycles. The van der Waals surface area contributed by atoms with Crippen molar-refractivity contribution >= 4 is 11.7 Å². The predicted molar refractivity (Wildman–Crippen MR) is 91.7 cm³/mol. The van der Waals surface area contributed by atoms with Crippen molar-refractivity contribution in [2.75, 3.05) is 0 Å². The molecule has 25 heavy (non-hydrogen) atoms. The highest BCUT2D eigenvalue weighted by Crippen LogP contribution is 2.49. The van der Waals surface area contributed by atoms with Gasteiger partial charge in [-0.1, -0.05) is 43.3 Å². The van der Waals surface area contributed by atoms with Crippen LogP contribution in [-0.4, -0.2) is 16.0 Å². The Kier molecular flexibility index (Phi) is 4.70. The van der Waals surface area contributed by atoms with E-state index < -0.39 is 16.8 Å². The molecule has 1 N–H and O–H groups in total. The Morgan fingerprint density at radius 1 is 1.32 bits per heavy atom. The van der Waals surface area contributed by atoms with Gasteiger partial charge >= 0.3 is 11.7 Å². The minimum Gasteiger partial charge on any atom is -0.481 e. The lowest BCUT2D eigenvalue weighted by Gasteiger charge is -2.18. The SMILES string of the molecule is CCC(Oc1ccc(C2CC2C(=O)O)cc1[N+](=O)[O-])c1ccccc1. The van der Waals surface area contributed by atoms with Gasteiger partial charge in [0.2, 0.25) is 0 Å². The fourth-order valence-electron chi connectivity index (χ4n) is 3.05. The number of nitro benzene ring substituents is 1. The number of aliphatic carboxylic acids is 1. The number of rotatable bonds is 7. The van der Waals surface area contributed by atoms with Crippen LogP contribution in [0, 0.1) is 16.0 Å². The van der Waals surface area contributed by atoms with E-state index in [-0.39, 0.29) is 23.5 Å². The number of carboxylic acids is 1. The van der Waals surface area contributed by atoms with Gasteiger partial charge in [0.1, 0.15) is 6.10 Å². The molecule has 0 spiro atoms. The number of hydrogen-bond acceptors (Lipinski definition) is 4.